The summed E-state index contributed by atoms with van der Waals surface area (Å²) < 4.78 is 7.27. The smallest absolute Gasteiger partial charge is 0.257 e. The number of amides is 1. The quantitative estimate of drug-likeness (QED) is 0.493. The van der Waals surface area contributed by atoms with Crippen LogP contribution in [0, 0.1) is 20.8 Å². The van der Waals surface area contributed by atoms with E-state index in [0.29, 0.717) is 28.3 Å². The number of carbonyl (C=O) groups is 1. The molecular formula is C25H24N4O3. The van der Waals surface area contributed by atoms with Crippen LogP contribution in [0.25, 0.3) is 17.1 Å². The molecule has 0 aliphatic rings. The molecule has 2 N–H and O–H groups in total. The Kier molecular flexibility index (Phi) is 5.64. The highest BCUT2D eigenvalue weighted by molar-refractivity contribution is 6.05. The third-order valence-corrected chi connectivity index (χ3v) is 5.27. The number of carbonyl (C=O) groups excluding carboxylic acids is 1. The number of rotatable bonds is 5. The molecule has 1 amide bonds. The van der Waals surface area contributed by atoms with E-state index in [1.165, 1.54) is 6.07 Å². The van der Waals surface area contributed by atoms with E-state index in [1.807, 2.05) is 60.9 Å². The molecule has 0 bridgehead atoms. The van der Waals surface area contributed by atoms with Crippen molar-refractivity contribution in [1.29, 1.82) is 0 Å². The van der Waals surface area contributed by atoms with Crippen LogP contribution < -0.4 is 15.6 Å². The third-order valence-electron chi connectivity index (χ3n) is 5.27. The Morgan fingerprint density at radius 3 is 2.47 bits per heavy atom. The molecule has 0 saturated carbocycles. The Balaban J connectivity index is 1.61. The van der Waals surface area contributed by atoms with E-state index in [9.17, 15) is 9.59 Å². The summed E-state index contributed by atoms with van der Waals surface area (Å²) in [6.07, 6.45) is 0. The maximum absolute atomic E-state index is 13.1. The minimum absolute atomic E-state index is 0.208. The predicted octanol–water partition coefficient (Wildman–Crippen LogP) is 4.41. The van der Waals surface area contributed by atoms with Gasteiger partial charge in [-0.25, -0.2) is 4.98 Å². The lowest BCUT2D eigenvalue weighted by molar-refractivity contribution is 0.102. The molecule has 7 heteroatoms. The number of hydrogen-bond acceptors (Lipinski definition) is 4. The molecule has 162 valence electrons. The number of aromatic nitrogens is 3. The summed E-state index contributed by atoms with van der Waals surface area (Å²) in [6, 6.07) is 18.3. The lowest BCUT2D eigenvalue weighted by atomic mass is 10.1. The van der Waals surface area contributed by atoms with E-state index in [2.05, 4.69) is 15.3 Å². The standard InChI is InChI=1S/C25H24N4O3/c1-15-12-23(30)28-24(26-15)18-6-5-7-19(14-18)27-25(31)22-13-16(2)29(17(22)3)20-8-10-21(32-4)11-9-20/h5-14H,1-4H3,(H,27,31)(H,26,28,30). The fourth-order valence-corrected chi connectivity index (χ4v) is 3.78. The second kappa shape index (κ2) is 8.55. The number of nitrogens with one attached hydrogen (secondary N) is 2. The Hall–Kier alpha value is -4.13. The van der Waals surface area contributed by atoms with Gasteiger partial charge in [0.1, 0.15) is 11.6 Å². The summed E-state index contributed by atoms with van der Waals surface area (Å²) in [5.74, 6) is 1.03. The highest BCUT2D eigenvalue weighted by Gasteiger charge is 2.17. The Morgan fingerprint density at radius 2 is 1.78 bits per heavy atom. The second-order valence-electron chi connectivity index (χ2n) is 7.59. The highest BCUT2D eigenvalue weighted by Crippen LogP contribution is 2.24. The van der Waals surface area contributed by atoms with Crippen LogP contribution in [0.4, 0.5) is 5.69 Å². The van der Waals surface area contributed by atoms with Gasteiger partial charge in [-0.2, -0.15) is 0 Å². The summed E-state index contributed by atoms with van der Waals surface area (Å²) >= 11 is 0. The maximum atomic E-state index is 13.1. The van der Waals surface area contributed by atoms with Gasteiger partial charge >= 0.3 is 0 Å². The summed E-state index contributed by atoms with van der Waals surface area (Å²) in [5.41, 5.74) is 5.08. The van der Waals surface area contributed by atoms with Gasteiger partial charge in [-0.1, -0.05) is 12.1 Å². The van der Waals surface area contributed by atoms with Crippen molar-refractivity contribution in [2.24, 2.45) is 0 Å². The van der Waals surface area contributed by atoms with Crippen LogP contribution in [0.3, 0.4) is 0 Å². The largest absolute Gasteiger partial charge is 0.497 e. The van der Waals surface area contributed by atoms with Crippen LogP contribution in [0.15, 0.2) is 65.5 Å². The molecule has 2 aromatic heterocycles. The average molecular weight is 428 g/mol. The van der Waals surface area contributed by atoms with Crippen LogP contribution in [0.2, 0.25) is 0 Å². The zero-order chi connectivity index (χ0) is 22.8. The number of nitrogens with zero attached hydrogens (tertiary/aromatic N) is 2. The van der Waals surface area contributed by atoms with E-state index in [0.717, 1.165) is 22.8 Å². The first-order valence-electron chi connectivity index (χ1n) is 10.2. The number of ether oxygens (including phenoxy) is 1. The van der Waals surface area contributed by atoms with Crippen molar-refractivity contribution in [3.8, 4) is 22.8 Å². The average Bonchev–Trinajstić information content (AvgIpc) is 3.07. The van der Waals surface area contributed by atoms with Crippen molar-refractivity contribution in [2.75, 3.05) is 12.4 Å². The SMILES string of the molecule is COc1ccc(-n2c(C)cc(C(=O)Nc3cccc(-c4nc(C)cc(=O)[nH]4)c3)c2C)cc1. The lowest BCUT2D eigenvalue weighted by Gasteiger charge is -2.11. The highest BCUT2D eigenvalue weighted by atomic mass is 16.5. The van der Waals surface area contributed by atoms with Crippen molar-refractivity contribution in [3.63, 3.8) is 0 Å². The first-order valence-corrected chi connectivity index (χ1v) is 10.2. The molecule has 32 heavy (non-hydrogen) atoms. The van der Waals surface area contributed by atoms with Crippen molar-refractivity contribution >= 4 is 11.6 Å². The maximum Gasteiger partial charge on any atom is 0.257 e. The number of aromatic amines is 1. The zero-order valence-electron chi connectivity index (χ0n) is 18.4. The number of hydrogen-bond donors (Lipinski definition) is 2. The van der Waals surface area contributed by atoms with Crippen molar-refractivity contribution in [1.82, 2.24) is 14.5 Å². The van der Waals surface area contributed by atoms with Gasteiger partial charge in [-0.3, -0.25) is 9.59 Å². The molecule has 2 aromatic carbocycles. The number of H-pyrrole nitrogens is 1. The number of anilines is 1. The van der Waals surface area contributed by atoms with E-state index in [4.69, 9.17) is 4.74 Å². The number of methoxy groups -OCH3 is 1. The number of aryl methyl sites for hydroxylation is 2. The Morgan fingerprint density at radius 1 is 1.03 bits per heavy atom. The molecule has 2 heterocycles. The minimum Gasteiger partial charge on any atom is -0.497 e. The molecule has 0 aliphatic carbocycles. The topological polar surface area (TPSA) is 89.0 Å². The monoisotopic (exact) mass is 428 g/mol. The van der Waals surface area contributed by atoms with Crippen molar-refractivity contribution < 1.29 is 9.53 Å². The summed E-state index contributed by atoms with van der Waals surface area (Å²) in [4.78, 5) is 32.0. The molecule has 0 unspecified atom stereocenters. The Labute approximate surface area is 185 Å². The van der Waals surface area contributed by atoms with Gasteiger partial charge in [0, 0.05) is 40.1 Å². The zero-order valence-corrected chi connectivity index (χ0v) is 18.4. The molecule has 0 saturated heterocycles. The molecule has 4 aromatic rings. The Bertz CT molecular complexity index is 1350. The molecular weight excluding hydrogens is 404 g/mol. The first kappa shape index (κ1) is 21.1. The van der Waals surface area contributed by atoms with Gasteiger partial charge in [-0.05, 0) is 63.2 Å². The fraction of sp³-hybridized carbons (Fsp3) is 0.160. The van der Waals surface area contributed by atoms with E-state index < -0.39 is 0 Å². The van der Waals surface area contributed by atoms with Crippen LogP contribution >= 0.6 is 0 Å². The molecule has 0 aliphatic heterocycles. The fourth-order valence-electron chi connectivity index (χ4n) is 3.78. The number of benzene rings is 2. The van der Waals surface area contributed by atoms with Crippen LogP contribution in [0.1, 0.15) is 27.4 Å². The van der Waals surface area contributed by atoms with Gasteiger partial charge < -0.3 is 19.6 Å². The van der Waals surface area contributed by atoms with Gasteiger partial charge in [0.2, 0.25) is 0 Å². The van der Waals surface area contributed by atoms with Gasteiger partial charge in [0.15, 0.2) is 0 Å². The summed E-state index contributed by atoms with van der Waals surface area (Å²) in [6.45, 7) is 5.65. The van der Waals surface area contributed by atoms with Crippen LogP contribution in [0.5, 0.6) is 5.75 Å². The summed E-state index contributed by atoms with van der Waals surface area (Å²) in [7, 11) is 1.63. The van der Waals surface area contributed by atoms with Gasteiger partial charge in [-0.15, -0.1) is 0 Å². The minimum atomic E-state index is -0.215. The molecule has 7 nitrogen and oxygen atoms in total. The molecule has 4 rings (SSSR count). The van der Waals surface area contributed by atoms with Crippen LogP contribution in [-0.4, -0.2) is 27.6 Å². The van der Waals surface area contributed by atoms with Crippen LogP contribution in [-0.2, 0) is 0 Å². The van der Waals surface area contributed by atoms with E-state index >= 15 is 0 Å². The predicted molar refractivity (Wildman–Crippen MR) is 125 cm³/mol. The van der Waals surface area contributed by atoms with E-state index in [1.54, 1.807) is 26.2 Å². The molecule has 0 radical (unpaired) electrons. The van der Waals surface area contributed by atoms with Gasteiger partial charge in [0.25, 0.3) is 11.5 Å². The first-order chi connectivity index (χ1) is 15.4. The van der Waals surface area contributed by atoms with Crippen molar-refractivity contribution in [2.45, 2.75) is 20.8 Å². The molecule has 0 fully saturated rings. The lowest BCUT2D eigenvalue weighted by Crippen LogP contribution is -2.13. The summed E-state index contributed by atoms with van der Waals surface area (Å²) in [5, 5.41) is 2.96. The van der Waals surface area contributed by atoms with E-state index in [-0.39, 0.29) is 11.5 Å². The second-order valence-corrected chi connectivity index (χ2v) is 7.59. The third kappa shape index (κ3) is 4.18. The van der Waals surface area contributed by atoms with Crippen molar-refractivity contribution in [3.05, 3.63) is 93.7 Å². The van der Waals surface area contributed by atoms with Gasteiger partial charge in [0.05, 0.1) is 12.7 Å². The normalized spacial score (nSPS) is 10.8. The molecule has 0 spiro atoms. The molecule has 0 atom stereocenters.